The molecule has 222 valence electrons. The van der Waals surface area contributed by atoms with Crippen molar-refractivity contribution in [2.75, 3.05) is 32.5 Å². The lowest BCUT2D eigenvalue weighted by Gasteiger charge is -2.40. The van der Waals surface area contributed by atoms with E-state index in [1.807, 2.05) is 66.9 Å². The van der Waals surface area contributed by atoms with Crippen molar-refractivity contribution >= 4 is 40.9 Å². The zero-order valence-corrected chi connectivity index (χ0v) is 25.3. The molecule has 2 heterocycles. The summed E-state index contributed by atoms with van der Waals surface area (Å²) in [7, 11) is 1.61. The van der Waals surface area contributed by atoms with Gasteiger partial charge in [-0.25, -0.2) is 0 Å². The van der Waals surface area contributed by atoms with Crippen LogP contribution < -0.4 is 4.74 Å². The lowest BCUT2D eigenvalue weighted by atomic mass is 10.1. The molecular formula is C30H29ClN6O5S. The van der Waals surface area contributed by atoms with E-state index in [4.69, 9.17) is 16.3 Å². The number of non-ortho nitro benzene ring substituents is 1. The molecule has 4 aromatic rings. The second-order valence-corrected chi connectivity index (χ2v) is 11.5. The van der Waals surface area contributed by atoms with Gasteiger partial charge in [0.1, 0.15) is 5.75 Å². The van der Waals surface area contributed by atoms with Crippen LogP contribution in [0, 0.1) is 17.0 Å². The largest absolute Gasteiger partial charge is 0.497 e. The molecule has 0 radical (unpaired) electrons. The highest BCUT2D eigenvalue weighted by atomic mass is 35.5. The highest BCUT2D eigenvalue weighted by Gasteiger charge is 2.32. The van der Waals surface area contributed by atoms with Crippen LogP contribution in [0.15, 0.2) is 71.9 Å². The summed E-state index contributed by atoms with van der Waals surface area (Å²) in [5.41, 5.74) is 2.87. The summed E-state index contributed by atoms with van der Waals surface area (Å²) in [6.07, 6.45) is 0. The Kier molecular flexibility index (Phi) is 8.97. The van der Waals surface area contributed by atoms with Crippen molar-refractivity contribution in [2.24, 2.45) is 0 Å². The van der Waals surface area contributed by atoms with E-state index in [2.05, 4.69) is 10.2 Å². The van der Waals surface area contributed by atoms with Crippen LogP contribution in [0.5, 0.6) is 5.75 Å². The Morgan fingerprint density at radius 3 is 2.42 bits per heavy atom. The van der Waals surface area contributed by atoms with E-state index in [0.29, 0.717) is 30.6 Å². The third kappa shape index (κ3) is 6.50. The molecular weight excluding hydrogens is 592 g/mol. The Labute approximate surface area is 257 Å². The molecule has 0 saturated carbocycles. The molecule has 0 bridgehead atoms. The number of nitro groups is 1. The average Bonchev–Trinajstić information content (AvgIpc) is 3.43. The molecule has 2 amide bonds. The number of halogens is 1. The van der Waals surface area contributed by atoms with Gasteiger partial charge in [-0.15, -0.1) is 10.2 Å². The van der Waals surface area contributed by atoms with Crippen molar-refractivity contribution < 1.29 is 19.2 Å². The summed E-state index contributed by atoms with van der Waals surface area (Å²) in [4.78, 5) is 40.3. The maximum atomic E-state index is 13.3. The molecule has 1 aliphatic rings. The number of thioether (sulfide) groups is 1. The third-order valence-corrected chi connectivity index (χ3v) is 8.46. The van der Waals surface area contributed by atoms with Gasteiger partial charge in [-0.2, -0.15) is 0 Å². The van der Waals surface area contributed by atoms with Crippen LogP contribution in [0.3, 0.4) is 0 Å². The van der Waals surface area contributed by atoms with E-state index < -0.39 is 4.92 Å². The number of aromatic nitrogens is 3. The van der Waals surface area contributed by atoms with E-state index in [1.165, 1.54) is 30.0 Å². The first-order valence-corrected chi connectivity index (χ1v) is 14.8. The fraction of sp³-hybridized carbons (Fsp3) is 0.267. The fourth-order valence-corrected chi connectivity index (χ4v) is 5.98. The predicted octanol–water partition coefficient (Wildman–Crippen LogP) is 5.28. The maximum Gasteiger partial charge on any atom is 0.270 e. The van der Waals surface area contributed by atoms with Gasteiger partial charge < -0.3 is 14.5 Å². The number of methoxy groups -OCH3 is 1. The summed E-state index contributed by atoms with van der Waals surface area (Å²) in [5, 5.41) is 20.5. The first-order valence-electron chi connectivity index (χ1n) is 13.5. The second kappa shape index (κ2) is 12.8. The smallest absolute Gasteiger partial charge is 0.270 e. The molecule has 1 fully saturated rings. The summed E-state index contributed by atoms with van der Waals surface area (Å²) in [6.45, 7) is 4.88. The molecule has 0 aliphatic carbocycles. The number of carbonyl (C=O) groups excluding carboxylic acids is 2. The van der Waals surface area contributed by atoms with Gasteiger partial charge in [0.25, 0.3) is 11.6 Å². The minimum Gasteiger partial charge on any atom is -0.497 e. The number of benzene rings is 3. The molecule has 1 atom stereocenters. The van der Waals surface area contributed by atoms with Crippen molar-refractivity contribution in [3.63, 3.8) is 0 Å². The lowest BCUT2D eigenvalue weighted by molar-refractivity contribution is -0.384. The number of carbonyl (C=O) groups is 2. The predicted molar refractivity (Wildman–Crippen MR) is 164 cm³/mol. The molecule has 3 aromatic carbocycles. The fourth-order valence-electron chi connectivity index (χ4n) is 4.87. The summed E-state index contributed by atoms with van der Waals surface area (Å²) >= 11 is 7.49. The molecule has 43 heavy (non-hydrogen) atoms. The Hall–Kier alpha value is -4.42. The minimum atomic E-state index is -0.562. The average molecular weight is 621 g/mol. The van der Waals surface area contributed by atoms with Gasteiger partial charge in [0.15, 0.2) is 11.0 Å². The van der Waals surface area contributed by atoms with E-state index in [1.54, 1.807) is 16.9 Å². The Balaban J connectivity index is 1.28. The normalized spacial score (nSPS) is 14.9. The van der Waals surface area contributed by atoms with Crippen molar-refractivity contribution in [2.45, 2.75) is 25.0 Å². The van der Waals surface area contributed by atoms with Crippen LogP contribution in [-0.4, -0.2) is 79.8 Å². The molecule has 1 aromatic heterocycles. The standard InChI is InChI=1S/C30H29ClN6O5S/c1-19-4-6-21(7-5-19)28-32-33-30(36(28)22-8-11-24(42-3)12-9-22)43-18-27(38)34-14-15-35(20(2)17-34)29(39)25-13-10-23(37(40)41)16-26(25)31/h4-13,16,20H,14-15,17-18H2,1-3H3. The monoisotopic (exact) mass is 620 g/mol. The Morgan fingerprint density at radius 1 is 1.07 bits per heavy atom. The van der Waals surface area contributed by atoms with Crippen LogP contribution in [0.2, 0.25) is 5.02 Å². The van der Waals surface area contributed by atoms with Gasteiger partial charge in [-0.05, 0) is 44.2 Å². The number of hydrogen-bond donors (Lipinski definition) is 0. The number of hydrogen-bond acceptors (Lipinski definition) is 8. The molecule has 0 spiro atoms. The Morgan fingerprint density at radius 2 is 1.79 bits per heavy atom. The number of ether oxygens (including phenoxy) is 1. The third-order valence-electron chi connectivity index (χ3n) is 7.23. The van der Waals surface area contributed by atoms with Gasteiger partial charge in [0.05, 0.1) is 28.4 Å². The summed E-state index contributed by atoms with van der Waals surface area (Å²) in [5.74, 6) is 1.10. The van der Waals surface area contributed by atoms with E-state index >= 15 is 0 Å². The highest BCUT2D eigenvalue weighted by Crippen LogP contribution is 2.30. The van der Waals surface area contributed by atoms with Crippen LogP contribution in [0.4, 0.5) is 5.69 Å². The number of piperazine rings is 1. The van der Waals surface area contributed by atoms with Gasteiger partial charge >= 0.3 is 0 Å². The number of nitrogens with zero attached hydrogens (tertiary/aromatic N) is 6. The molecule has 1 unspecified atom stereocenters. The van der Waals surface area contributed by atoms with E-state index in [-0.39, 0.29) is 39.9 Å². The van der Waals surface area contributed by atoms with Crippen LogP contribution >= 0.6 is 23.4 Å². The van der Waals surface area contributed by atoms with E-state index in [0.717, 1.165) is 22.6 Å². The summed E-state index contributed by atoms with van der Waals surface area (Å²) in [6, 6.07) is 19.1. The lowest BCUT2D eigenvalue weighted by Crippen LogP contribution is -2.55. The quantitative estimate of drug-likeness (QED) is 0.148. The van der Waals surface area contributed by atoms with Crippen molar-refractivity contribution in [3.8, 4) is 22.8 Å². The molecule has 5 rings (SSSR count). The molecule has 13 heteroatoms. The van der Waals surface area contributed by atoms with Crippen LogP contribution in [0.25, 0.3) is 17.1 Å². The van der Waals surface area contributed by atoms with Crippen molar-refractivity contribution in [3.05, 3.63) is 93.0 Å². The van der Waals surface area contributed by atoms with Gasteiger partial charge in [-0.3, -0.25) is 24.3 Å². The highest BCUT2D eigenvalue weighted by molar-refractivity contribution is 7.99. The zero-order valence-electron chi connectivity index (χ0n) is 23.8. The maximum absolute atomic E-state index is 13.3. The number of aryl methyl sites for hydroxylation is 1. The van der Waals surface area contributed by atoms with Gasteiger partial charge in [0, 0.05) is 49.1 Å². The molecule has 1 saturated heterocycles. The number of rotatable bonds is 8. The van der Waals surface area contributed by atoms with E-state index in [9.17, 15) is 19.7 Å². The molecule has 0 N–H and O–H groups in total. The SMILES string of the molecule is COc1ccc(-n2c(SCC(=O)N3CCN(C(=O)c4ccc([N+](=O)[O-])cc4Cl)C(C)C3)nnc2-c2ccc(C)cc2)cc1. The first-order chi connectivity index (χ1) is 20.7. The van der Waals surface area contributed by atoms with Crippen LogP contribution in [-0.2, 0) is 4.79 Å². The van der Waals surface area contributed by atoms with Gasteiger partial charge in [0.2, 0.25) is 5.91 Å². The Bertz CT molecular complexity index is 1660. The minimum absolute atomic E-state index is 0.0206. The van der Waals surface area contributed by atoms with Crippen molar-refractivity contribution in [1.29, 1.82) is 0 Å². The number of amides is 2. The van der Waals surface area contributed by atoms with Crippen LogP contribution in [0.1, 0.15) is 22.8 Å². The number of nitro benzene ring substituents is 1. The summed E-state index contributed by atoms with van der Waals surface area (Å²) < 4.78 is 7.24. The first kappa shape index (κ1) is 30.1. The molecule has 1 aliphatic heterocycles. The van der Waals surface area contributed by atoms with Gasteiger partial charge in [-0.1, -0.05) is 53.2 Å². The topological polar surface area (TPSA) is 124 Å². The second-order valence-electron chi connectivity index (χ2n) is 10.1. The zero-order chi connectivity index (χ0) is 30.7. The van der Waals surface area contributed by atoms with Crippen molar-refractivity contribution in [1.82, 2.24) is 24.6 Å². The molecule has 11 nitrogen and oxygen atoms in total.